The van der Waals surface area contributed by atoms with Crippen LogP contribution >= 0.6 is 7.60 Å². The van der Waals surface area contributed by atoms with Crippen LogP contribution in [0.1, 0.15) is 76.2 Å². The first kappa shape index (κ1) is 33.6. The molecule has 3 heterocycles. The van der Waals surface area contributed by atoms with Crippen molar-refractivity contribution in [3.63, 3.8) is 0 Å². The molecule has 2 unspecified atom stereocenters. The quantitative estimate of drug-likeness (QED) is 0.231. The number of cyclic esters (lactones) is 1. The molecule has 0 spiro atoms. The highest BCUT2D eigenvalue weighted by atomic mass is 31.2. The molecule has 2 N–H and O–H groups in total. The van der Waals surface area contributed by atoms with Crippen LogP contribution in [-0.2, 0) is 30.1 Å². The summed E-state index contributed by atoms with van der Waals surface area (Å²) in [7, 11) is -3.01. The fraction of sp³-hybridized carbons (Fsp3) is 0.600. The minimum atomic E-state index is -4.65. The van der Waals surface area contributed by atoms with Crippen LogP contribution in [0.4, 0.5) is 0 Å². The molecular formula is C35H45N2O9P. The highest BCUT2D eigenvalue weighted by molar-refractivity contribution is 7.54. The third-order valence-corrected chi connectivity index (χ3v) is 12.6. The van der Waals surface area contributed by atoms with E-state index in [2.05, 4.69) is 11.6 Å². The van der Waals surface area contributed by atoms with Crippen molar-refractivity contribution in [1.29, 1.82) is 0 Å². The summed E-state index contributed by atoms with van der Waals surface area (Å²) in [5, 5.41) is 0.166. The van der Waals surface area contributed by atoms with Gasteiger partial charge in [0.05, 0.1) is 43.8 Å². The Morgan fingerprint density at radius 2 is 1.98 bits per heavy atom. The maximum atomic E-state index is 14.5. The lowest BCUT2D eigenvalue weighted by atomic mass is 9.86. The molecule has 2 aliphatic heterocycles. The number of fused-ring (bicyclic) bond motifs is 3. The number of hydrogen-bond acceptors (Lipinski definition) is 8. The first-order chi connectivity index (χ1) is 22.5. The van der Waals surface area contributed by atoms with Gasteiger partial charge in [-0.05, 0) is 85.9 Å². The van der Waals surface area contributed by atoms with Crippen molar-refractivity contribution < 1.29 is 42.9 Å². The molecule has 0 radical (unpaired) electrons. The Labute approximate surface area is 275 Å². The van der Waals surface area contributed by atoms with E-state index in [-0.39, 0.29) is 50.7 Å². The molecule has 4 bridgehead atoms. The van der Waals surface area contributed by atoms with Crippen molar-refractivity contribution >= 4 is 36.0 Å². The zero-order chi connectivity index (χ0) is 33.3. The van der Waals surface area contributed by atoms with Crippen LogP contribution < -0.4 is 9.47 Å². The van der Waals surface area contributed by atoms with E-state index in [0.29, 0.717) is 12.3 Å². The number of pyridine rings is 1. The molecule has 2 aromatic rings. The van der Waals surface area contributed by atoms with Gasteiger partial charge in [0.15, 0.2) is 5.78 Å². The number of esters is 1. The highest BCUT2D eigenvalue weighted by Crippen LogP contribution is 2.71. The van der Waals surface area contributed by atoms with Gasteiger partial charge in [0.2, 0.25) is 11.8 Å². The number of allylic oxidation sites excluding steroid dienone is 1. The van der Waals surface area contributed by atoms with Gasteiger partial charge < -0.3 is 28.9 Å². The molecule has 2 aliphatic carbocycles. The summed E-state index contributed by atoms with van der Waals surface area (Å²) in [6, 6.07) is 4.89. The van der Waals surface area contributed by atoms with Crippen LogP contribution in [0.3, 0.4) is 0 Å². The maximum absolute atomic E-state index is 14.5. The van der Waals surface area contributed by atoms with E-state index in [4.69, 9.17) is 14.2 Å². The Bertz CT molecular complexity index is 1580. The zero-order valence-electron chi connectivity index (χ0n) is 27.0. The summed E-state index contributed by atoms with van der Waals surface area (Å²) in [5.74, 6) is -1.17. The monoisotopic (exact) mass is 668 g/mol. The summed E-state index contributed by atoms with van der Waals surface area (Å²) in [4.78, 5) is 68.1. The number of rotatable bonds is 7. The van der Waals surface area contributed by atoms with Gasteiger partial charge in [0.1, 0.15) is 11.9 Å². The van der Waals surface area contributed by atoms with E-state index in [1.807, 2.05) is 18.2 Å². The Hall–Kier alpha value is -3.27. The number of ketones is 1. The highest BCUT2D eigenvalue weighted by Gasteiger charge is 2.65. The number of Topliss-reactive ketones (excluding diaryl/α,β-unsaturated/α-hetero) is 1. The summed E-state index contributed by atoms with van der Waals surface area (Å²) < 4.78 is 30.4. The fourth-order valence-corrected chi connectivity index (χ4v) is 9.35. The van der Waals surface area contributed by atoms with Crippen molar-refractivity contribution in [3.8, 4) is 11.6 Å². The standard InChI is InChI=1S/C35H45N2O9P/c1-3-25-19-35(25,47(41,42)43)20-30(38)29-17-26-21-37(29)34(40)28(22-9-6-7-10-22)18-32(39)45-14-8-4-5-11-24-15-27-23(16-31(24)44-2)12-13-36-33(27)46-26/h3,12-13,15-16,22,25-26,28-29H,1,4-11,14,17-21H2,2H3,(H2,41,42,43)/t25?,26-,28+,29+,35?/m1/s1. The molecule has 1 aromatic heterocycles. The molecule has 1 aromatic carbocycles. The van der Waals surface area contributed by atoms with Crippen LogP contribution in [0.2, 0.25) is 0 Å². The number of methoxy groups -OCH3 is 1. The van der Waals surface area contributed by atoms with E-state index >= 15 is 0 Å². The second kappa shape index (κ2) is 13.7. The van der Waals surface area contributed by atoms with Gasteiger partial charge in [-0.1, -0.05) is 18.9 Å². The van der Waals surface area contributed by atoms with E-state index in [9.17, 15) is 28.7 Å². The Morgan fingerprint density at radius 1 is 1.19 bits per heavy atom. The number of nitrogens with zero attached hydrogens (tertiary/aromatic N) is 2. The molecule has 5 atom stereocenters. The maximum Gasteiger partial charge on any atom is 0.332 e. The van der Waals surface area contributed by atoms with Crippen LogP contribution in [0, 0.1) is 17.8 Å². The summed E-state index contributed by atoms with van der Waals surface area (Å²) in [6.07, 6.45) is 9.09. The van der Waals surface area contributed by atoms with Crippen molar-refractivity contribution in [1.82, 2.24) is 9.88 Å². The van der Waals surface area contributed by atoms with Crippen LogP contribution in [0.15, 0.2) is 37.1 Å². The van der Waals surface area contributed by atoms with Gasteiger partial charge >= 0.3 is 13.6 Å². The molecule has 1 amide bonds. The van der Waals surface area contributed by atoms with Crippen LogP contribution in [-0.4, -0.2) is 74.9 Å². The summed E-state index contributed by atoms with van der Waals surface area (Å²) in [5.41, 5.74) is 0.996. The van der Waals surface area contributed by atoms with E-state index in [1.54, 1.807) is 13.3 Å². The largest absolute Gasteiger partial charge is 0.496 e. The van der Waals surface area contributed by atoms with Gasteiger partial charge in [-0.3, -0.25) is 18.9 Å². The van der Waals surface area contributed by atoms with Crippen molar-refractivity contribution in [2.75, 3.05) is 20.3 Å². The summed E-state index contributed by atoms with van der Waals surface area (Å²) >= 11 is 0. The normalized spacial score (nSPS) is 29.2. The Balaban J connectivity index is 1.36. The fourth-order valence-electron chi connectivity index (χ4n) is 8.02. The van der Waals surface area contributed by atoms with Crippen molar-refractivity contribution in [2.45, 2.75) is 94.4 Å². The molecule has 11 nitrogen and oxygen atoms in total. The molecule has 254 valence electrons. The third-order valence-electron chi connectivity index (χ3n) is 10.8. The molecular weight excluding hydrogens is 623 g/mol. The second-order valence-corrected chi connectivity index (χ2v) is 15.7. The Morgan fingerprint density at radius 3 is 2.68 bits per heavy atom. The van der Waals surface area contributed by atoms with Crippen molar-refractivity contribution in [3.05, 3.63) is 42.6 Å². The molecule has 2 saturated carbocycles. The second-order valence-electron chi connectivity index (χ2n) is 13.7. The number of aromatic nitrogens is 1. The number of amides is 1. The molecule has 12 heteroatoms. The Kier molecular flexibility index (Phi) is 9.79. The molecule has 6 rings (SSSR count). The van der Waals surface area contributed by atoms with Crippen molar-refractivity contribution in [2.24, 2.45) is 17.8 Å². The first-order valence-electron chi connectivity index (χ1n) is 16.8. The van der Waals surface area contributed by atoms with Crippen LogP contribution in [0.5, 0.6) is 11.6 Å². The number of hydrogen-bond donors (Lipinski definition) is 2. The third kappa shape index (κ3) is 6.85. The molecule has 3 fully saturated rings. The number of aryl methyl sites for hydroxylation is 1. The minimum absolute atomic E-state index is 0.0143. The average Bonchev–Trinajstić information content (AvgIpc) is 3.34. The number of ether oxygens (including phenoxy) is 3. The lowest BCUT2D eigenvalue weighted by molar-refractivity contribution is -0.151. The summed E-state index contributed by atoms with van der Waals surface area (Å²) in [6.45, 7) is 4.06. The SMILES string of the molecule is C=CC1CC1(CC(=O)[C@@H]1C[C@@H]2CN1C(=O)[C@H](C1CCCC1)CC(=O)OCCCCCc1cc3c(nccc3cc1OC)O2)P(=O)(O)O. The lowest BCUT2D eigenvalue weighted by Gasteiger charge is -2.31. The predicted octanol–water partition coefficient (Wildman–Crippen LogP) is 5.14. The first-order valence-corrected chi connectivity index (χ1v) is 18.4. The van der Waals surface area contributed by atoms with Gasteiger partial charge in [0, 0.05) is 24.4 Å². The zero-order valence-corrected chi connectivity index (χ0v) is 27.9. The van der Waals surface area contributed by atoms with Gasteiger partial charge in [-0.15, -0.1) is 6.58 Å². The van der Waals surface area contributed by atoms with Gasteiger partial charge in [0.25, 0.3) is 0 Å². The number of benzene rings is 1. The van der Waals surface area contributed by atoms with E-state index < -0.39 is 48.5 Å². The van der Waals surface area contributed by atoms with E-state index in [0.717, 1.165) is 67.0 Å². The number of carbonyl (C=O) groups is 3. The van der Waals surface area contributed by atoms with Gasteiger partial charge in [-0.2, -0.15) is 0 Å². The molecule has 47 heavy (non-hydrogen) atoms. The molecule has 4 aliphatic rings. The minimum Gasteiger partial charge on any atom is -0.496 e. The molecule has 1 saturated heterocycles. The smallest absolute Gasteiger partial charge is 0.332 e. The lowest BCUT2D eigenvalue weighted by Crippen LogP contribution is -2.46. The van der Waals surface area contributed by atoms with E-state index in [1.165, 1.54) is 11.0 Å². The average molecular weight is 669 g/mol. The van der Waals surface area contributed by atoms with Gasteiger partial charge in [-0.25, -0.2) is 4.98 Å². The number of carbonyl (C=O) groups excluding carboxylic acids is 3. The van der Waals surface area contributed by atoms with Crippen LogP contribution in [0.25, 0.3) is 10.8 Å². The predicted molar refractivity (Wildman–Crippen MR) is 174 cm³/mol. The topological polar surface area (TPSA) is 153 Å².